The van der Waals surface area contributed by atoms with Crippen LogP contribution in [-0.2, 0) is 14.8 Å². The van der Waals surface area contributed by atoms with E-state index in [-0.39, 0.29) is 29.5 Å². The number of anilines is 1. The van der Waals surface area contributed by atoms with Crippen LogP contribution >= 0.6 is 12.4 Å². The van der Waals surface area contributed by atoms with Crippen molar-refractivity contribution in [1.82, 2.24) is 10.0 Å². The van der Waals surface area contributed by atoms with Gasteiger partial charge in [0, 0.05) is 20.0 Å². The number of amides is 1. The molecule has 1 aromatic rings. The molecule has 1 aromatic carbocycles. The van der Waals surface area contributed by atoms with Crippen LogP contribution in [0.1, 0.15) is 13.8 Å². The Morgan fingerprint density at radius 1 is 1.29 bits per heavy atom. The molecular formula is C12H19ClFN3O3S. The van der Waals surface area contributed by atoms with Crippen molar-refractivity contribution in [3.63, 3.8) is 0 Å². The molecular weight excluding hydrogens is 321 g/mol. The number of hydrogen-bond donors (Lipinski definition) is 3. The average molecular weight is 340 g/mol. The third kappa shape index (κ3) is 6.38. The largest absolute Gasteiger partial charge is 0.324 e. The molecule has 0 radical (unpaired) electrons. The maximum absolute atomic E-state index is 13.4. The van der Waals surface area contributed by atoms with Crippen LogP contribution in [0.5, 0.6) is 0 Å². The molecule has 0 aliphatic heterocycles. The molecule has 21 heavy (non-hydrogen) atoms. The Balaban J connectivity index is 0.00000400. The molecule has 1 amide bonds. The fraction of sp³-hybridized carbons (Fsp3) is 0.417. The normalized spacial score (nSPS) is 10.8. The molecule has 0 fully saturated rings. The number of likely N-dealkylation sites (N-methyl/N-ethyl adjacent to an activating group) is 1. The molecule has 0 saturated carbocycles. The van der Waals surface area contributed by atoms with Gasteiger partial charge in [0.05, 0.1) is 10.6 Å². The summed E-state index contributed by atoms with van der Waals surface area (Å²) in [6, 6.07) is 3.24. The lowest BCUT2D eigenvalue weighted by atomic mass is 10.3. The number of rotatable bonds is 7. The lowest BCUT2D eigenvalue weighted by Crippen LogP contribution is -2.31. The van der Waals surface area contributed by atoms with Crippen LogP contribution in [0.2, 0.25) is 0 Å². The molecule has 120 valence electrons. The molecule has 6 nitrogen and oxygen atoms in total. The zero-order valence-corrected chi connectivity index (χ0v) is 13.4. The molecule has 0 atom stereocenters. The first-order chi connectivity index (χ1) is 9.36. The van der Waals surface area contributed by atoms with Gasteiger partial charge in [0.2, 0.25) is 15.9 Å². The van der Waals surface area contributed by atoms with Crippen molar-refractivity contribution in [3.05, 3.63) is 24.0 Å². The highest BCUT2D eigenvalue weighted by atomic mass is 35.5. The second-order valence-corrected chi connectivity index (χ2v) is 5.84. The molecule has 0 spiro atoms. The lowest BCUT2D eigenvalue weighted by Gasteiger charge is -2.09. The highest BCUT2D eigenvalue weighted by Crippen LogP contribution is 2.19. The Kier molecular flexibility index (Phi) is 8.41. The van der Waals surface area contributed by atoms with Gasteiger partial charge in [0.1, 0.15) is 5.82 Å². The summed E-state index contributed by atoms with van der Waals surface area (Å²) in [6.07, 6.45) is 0. The van der Waals surface area contributed by atoms with Gasteiger partial charge in [-0.3, -0.25) is 4.79 Å². The van der Waals surface area contributed by atoms with Crippen LogP contribution in [-0.4, -0.2) is 34.0 Å². The van der Waals surface area contributed by atoms with Crippen LogP contribution in [0.25, 0.3) is 0 Å². The van der Waals surface area contributed by atoms with Crippen LogP contribution < -0.4 is 15.4 Å². The molecule has 0 saturated heterocycles. The highest BCUT2D eigenvalue weighted by Gasteiger charge is 2.16. The van der Waals surface area contributed by atoms with Crippen LogP contribution in [0.15, 0.2) is 23.1 Å². The van der Waals surface area contributed by atoms with E-state index in [0.717, 1.165) is 24.7 Å². The van der Waals surface area contributed by atoms with Gasteiger partial charge in [-0.25, -0.2) is 17.5 Å². The predicted octanol–water partition coefficient (Wildman–Crippen LogP) is 1.09. The van der Waals surface area contributed by atoms with Crippen molar-refractivity contribution in [2.75, 3.05) is 25.0 Å². The smallest absolute Gasteiger partial charge is 0.240 e. The van der Waals surface area contributed by atoms with Gasteiger partial charge in [-0.1, -0.05) is 6.92 Å². The van der Waals surface area contributed by atoms with Crippen molar-refractivity contribution in [3.8, 4) is 0 Å². The van der Waals surface area contributed by atoms with E-state index in [1.807, 2.05) is 6.92 Å². The average Bonchev–Trinajstić information content (AvgIpc) is 2.36. The van der Waals surface area contributed by atoms with Crippen LogP contribution in [0.3, 0.4) is 0 Å². The molecule has 0 unspecified atom stereocenters. The Labute approximate surface area is 130 Å². The van der Waals surface area contributed by atoms with Crippen LogP contribution in [0.4, 0.5) is 10.1 Å². The molecule has 0 aliphatic carbocycles. The SMILES string of the molecule is CCNCCNS(=O)(=O)c1ccc(F)c(NC(C)=O)c1.Cl. The summed E-state index contributed by atoms with van der Waals surface area (Å²) in [5.74, 6) is -1.16. The van der Waals surface area contributed by atoms with E-state index in [9.17, 15) is 17.6 Å². The molecule has 0 aliphatic rings. The third-order valence-corrected chi connectivity index (χ3v) is 3.86. The highest BCUT2D eigenvalue weighted by molar-refractivity contribution is 7.89. The zero-order chi connectivity index (χ0) is 15.2. The van der Waals surface area contributed by atoms with Gasteiger partial charge in [0.25, 0.3) is 0 Å². The molecule has 9 heteroatoms. The van der Waals surface area contributed by atoms with E-state index < -0.39 is 21.7 Å². The number of carbonyl (C=O) groups is 1. The standard InChI is InChI=1S/C12H18FN3O3S.ClH/c1-3-14-6-7-15-20(18,19)10-4-5-11(13)12(8-10)16-9(2)17;/h4-5,8,14-15H,3,6-7H2,1-2H3,(H,16,17);1H. The monoisotopic (exact) mass is 339 g/mol. The Hall–Kier alpha value is -1.22. The minimum atomic E-state index is -3.72. The molecule has 0 heterocycles. The predicted molar refractivity (Wildman–Crippen MR) is 81.7 cm³/mol. The van der Waals surface area contributed by atoms with Crippen molar-refractivity contribution < 1.29 is 17.6 Å². The van der Waals surface area contributed by atoms with Crippen molar-refractivity contribution >= 4 is 34.0 Å². The van der Waals surface area contributed by atoms with Crippen molar-refractivity contribution in [2.45, 2.75) is 18.7 Å². The first-order valence-corrected chi connectivity index (χ1v) is 7.62. The molecule has 0 bridgehead atoms. The topological polar surface area (TPSA) is 87.3 Å². The van der Waals surface area contributed by atoms with Gasteiger partial charge in [-0.2, -0.15) is 0 Å². The minimum absolute atomic E-state index is 0. The third-order valence-electron chi connectivity index (χ3n) is 2.40. The first-order valence-electron chi connectivity index (χ1n) is 6.14. The first kappa shape index (κ1) is 19.8. The quantitative estimate of drug-likeness (QED) is 0.649. The Morgan fingerprint density at radius 3 is 2.52 bits per heavy atom. The summed E-state index contributed by atoms with van der Waals surface area (Å²) in [5.41, 5.74) is -0.160. The summed E-state index contributed by atoms with van der Waals surface area (Å²) >= 11 is 0. The number of benzene rings is 1. The minimum Gasteiger partial charge on any atom is -0.324 e. The molecule has 1 rings (SSSR count). The van der Waals surface area contributed by atoms with E-state index in [2.05, 4.69) is 15.4 Å². The lowest BCUT2D eigenvalue weighted by molar-refractivity contribution is -0.114. The van der Waals surface area contributed by atoms with E-state index in [1.54, 1.807) is 0 Å². The number of sulfonamides is 1. The van der Waals surface area contributed by atoms with E-state index in [4.69, 9.17) is 0 Å². The number of carbonyl (C=O) groups excluding carboxylic acids is 1. The molecule has 3 N–H and O–H groups in total. The van der Waals surface area contributed by atoms with Gasteiger partial charge >= 0.3 is 0 Å². The summed E-state index contributed by atoms with van der Waals surface area (Å²) in [7, 11) is -3.72. The van der Waals surface area contributed by atoms with Gasteiger partial charge in [-0.15, -0.1) is 12.4 Å². The maximum Gasteiger partial charge on any atom is 0.240 e. The van der Waals surface area contributed by atoms with Crippen molar-refractivity contribution in [2.24, 2.45) is 0 Å². The number of nitrogens with one attached hydrogen (secondary N) is 3. The van der Waals surface area contributed by atoms with Gasteiger partial charge < -0.3 is 10.6 Å². The summed E-state index contributed by atoms with van der Waals surface area (Å²) < 4.78 is 39.8. The summed E-state index contributed by atoms with van der Waals surface area (Å²) in [5, 5.41) is 5.22. The molecule has 0 aromatic heterocycles. The van der Waals surface area contributed by atoms with E-state index in [1.165, 1.54) is 6.92 Å². The second-order valence-electron chi connectivity index (χ2n) is 4.07. The second kappa shape index (κ2) is 8.93. The number of hydrogen-bond acceptors (Lipinski definition) is 4. The maximum atomic E-state index is 13.4. The zero-order valence-electron chi connectivity index (χ0n) is 11.8. The van der Waals surface area contributed by atoms with Crippen LogP contribution in [0, 0.1) is 5.82 Å². The summed E-state index contributed by atoms with van der Waals surface area (Å²) in [4.78, 5) is 10.8. The Morgan fingerprint density at radius 2 is 1.95 bits per heavy atom. The van der Waals surface area contributed by atoms with E-state index in [0.29, 0.717) is 6.54 Å². The fourth-order valence-corrected chi connectivity index (χ4v) is 2.55. The summed E-state index contributed by atoms with van der Waals surface area (Å²) in [6.45, 7) is 4.59. The van der Waals surface area contributed by atoms with Crippen molar-refractivity contribution in [1.29, 1.82) is 0 Å². The number of halogens is 2. The van der Waals surface area contributed by atoms with Gasteiger partial charge in [-0.05, 0) is 24.7 Å². The van der Waals surface area contributed by atoms with Gasteiger partial charge in [0.15, 0.2) is 0 Å². The Bertz CT molecular complexity index is 581. The fourth-order valence-electron chi connectivity index (χ4n) is 1.49. The van der Waals surface area contributed by atoms with E-state index >= 15 is 0 Å².